The van der Waals surface area contributed by atoms with E-state index < -0.39 is 30.2 Å². The van der Waals surface area contributed by atoms with Crippen LogP contribution in [0.2, 0.25) is 0 Å². The molecule has 7 heteroatoms. The SMILES string of the molecule is CC(C)(O)C(C)(C)OB(O)c1ccc(F)nc1F. The summed E-state index contributed by atoms with van der Waals surface area (Å²) in [6, 6.07) is 1.96. The van der Waals surface area contributed by atoms with E-state index in [9.17, 15) is 18.9 Å². The Hall–Kier alpha value is -1.05. The van der Waals surface area contributed by atoms with Crippen LogP contribution in [0.5, 0.6) is 0 Å². The van der Waals surface area contributed by atoms with Crippen LogP contribution in [0.25, 0.3) is 0 Å². The van der Waals surface area contributed by atoms with Crippen LogP contribution in [0.4, 0.5) is 8.78 Å². The molecule has 1 heterocycles. The maximum Gasteiger partial charge on any atom is 0.496 e. The third-order valence-electron chi connectivity index (χ3n) is 2.99. The molecule has 1 aromatic heterocycles. The molecule has 2 N–H and O–H groups in total. The smallest absolute Gasteiger partial charge is 0.423 e. The molecule has 0 fully saturated rings. The van der Waals surface area contributed by atoms with Gasteiger partial charge in [0.1, 0.15) is 0 Å². The van der Waals surface area contributed by atoms with Gasteiger partial charge in [-0.25, -0.2) is 0 Å². The van der Waals surface area contributed by atoms with Gasteiger partial charge in [-0.1, -0.05) is 6.07 Å². The van der Waals surface area contributed by atoms with Crippen molar-refractivity contribution in [2.24, 2.45) is 0 Å². The van der Waals surface area contributed by atoms with Crippen LogP contribution in [0, 0.1) is 11.9 Å². The van der Waals surface area contributed by atoms with Crippen molar-refractivity contribution >= 4 is 12.6 Å². The Morgan fingerprint density at radius 2 is 1.78 bits per heavy atom. The van der Waals surface area contributed by atoms with Gasteiger partial charge in [-0.3, -0.25) is 0 Å². The first-order valence-electron chi connectivity index (χ1n) is 5.45. The summed E-state index contributed by atoms with van der Waals surface area (Å²) in [5.41, 5.74) is -2.67. The summed E-state index contributed by atoms with van der Waals surface area (Å²) in [6.45, 7) is 6.09. The van der Waals surface area contributed by atoms with Gasteiger partial charge in [0.2, 0.25) is 11.9 Å². The molecule has 4 nitrogen and oxygen atoms in total. The molecule has 0 radical (unpaired) electrons. The van der Waals surface area contributed by atoms with Gasteiger partial charge >= 0.3 is 7.12 Å². The molecule has 0 aliphatic heterocycles. The van der Waals surface area contributed by atoms with Crippen molar-refractivity contribution in [3.63, 3.8) is 0 Å². The molecule has 18 heavy (non-hydrogen) atoms. The van der Waals surface area contributed by atoms with Gasteiger partial charge in [-0.05, 0) is 33.8 Å². The van der Waals surface area contributed by atoms with Crippen molar-refractivity contribution in [1.29, 1.82) is 0 Å². The molecule has 0 saturated carbocycles. The highest BCUT2D eigenvalue weighted by Gasteiger charge is 2.40. The molecule has 0 unspecified atom stereocenters. The molecular weight excluding hydrogens is 243 g/mol. The van der Waals surface area contributed by atoms with Crippen LogP contribution in [0.15, 0.2) is 12.1 Å². The van der Waals surface area contributed by atoms with E-state index in [1.807, 2.05) is 0 Å². The van der Waals surface area contributed by atoms with Crippen molar-refractivity contribution in [2.75, 3.05) is 0 Å². The predicted molar refractivity (Wildman–Crippen MR) is 63.2 cm³/mol. The second-order valence-electron chi connectivity index (χ2n) is 5.05. The average molecular weight is 259 g/mol. The van der Waals surface area contributed by atoms with Gasteiger partial charge in [0.25, 0.3) is 0 Å². The number of halogens is 2. The molecule has 0 bridgehead atoms. The lowest BCUT2D eigenvalue weighted by atomic mass is 9.77. The summed E-state index contributed by atoms with van der Waals surface area (Å²) >= 11 is 0. The average Bonchev–Trinajstić information content (AvgIpc) is 2.14. The van der Waals surface area contributed by atoms with E-state index in [-0.39, 0.29) is 5.46 Å². The minimum atomic E-state index is -1.64. The van der Waals surface area contributed by atoms with Crippen LogP contribution >= 0.6 is 0 Å². The van der Waals surface area contributed by atoms with Gasteiger partial charge in [0.15, 0.2) is 0 Å². The van der Waals surface area contributed by atoms with Gasteiger partial charge < -0.3 is 14.8 Å². The van der Waals surface area contributed by atoms with Gasteiger partial charge in [-0.2, -0.15) is 13.8 Å². The largest absolute Gasteiger partial charge is 0.496 e. The summed E-state index contributed by atoms with van der Waals surface area (Å²) in [5, 5.41) is 19.6. The molecule has 0 spiro atoms. The Balaban J connectivity index is 2.92. The van der Waals surface area contributed by atoms with Crippen molar-refractivity contribution in [3.05, 3.63) is 24.0 Å². The summed E-state index contributed by atoms with van der Waals surface area (Å²) in [6.07, 6.45) is 0. The van der Waals surface area contributed by atoms with Crippen molar-refractivity contribution in [1.82, 2.24) is 4.98 Å². The van der Waals surface area contributed by atoms with Gasteiger partial charge in [0.05, 0.1) is 11.2 Å². The zero-order chi connectivity index (χ0) is 14.1. The fourth-order valence-corrected chi connectivity index (χ4v) is 1.09. The molecule has 1 aromatic rings. The van der Waals surface area contributed by atoms with Crippen LogP contribution in [-0.2, 0) is 4.65 Å². The number of pyridine rings is 1. The topological polar surface area (TPSA) is 62.6 Å². The highest BCUT2D eigenvalue weighted by molar-refractivity contribution is 6.60. The highest BCUT2D eigenvalue weighted by atomic mass is 19.1. The molecule has 0 aliphatic rings. The Labute approximate surface area is 105 Å². The van der Waals surface area contributed by atoms with E-state index in [1.54, 1.807) is 13.8 Å². The van der Waals surface area contributed by atoms with E-state index in [0.29, 0.717) is 0 Å². The van der Waals surface area contributed by atoms with Crippen molar-refractivity contribution < 1.29 is 23.6 Å². The number of hydrogen-bond acceptors (Lipinski definition) is 4. The zero-order valence-corrected chi connectivity index (χ0v) is 10.7. The van der Waals surface area contributed by atoms with Crippen LogP contribution in [0.1, 0.15) is 27.7 Å². The number of aliphatic hydroxyl groups is 1. The molecule has 0 amide bonds. The lowest BCUT2D eigenvalue weighted by Gasteiger charge is -2.38. The summed E-state index contributed by atoms with van der Waals surface area (Å²) in [5.74, 6) is -2.13. The molecule has 0 aromatic carbocycles. The third kappa shape index (κ3) is 3.25. The van der Waals surface area contributed by atoms with E-state index in [2.05, 4.69) is 4.98 Å². The minimum absolute atomic E-state index is 0.284. The Bertz CT molecular complexity index is 435. The van der Waals surface area contributed by atoms with E-state index in [0.717, 1.165) is 12.1 Å². The first-order valence-corrected chi connectivity index (χ1v) is 5.45. The molecule has 0 atom stereocenters. The molecule has 0 aliphatic carbocycles. The van der Waals surface area contributed by atoms with Crippen LogP contribution < -0.4 is 5.46 Å². The maximum absolute atomic E-state index is 13.3. The fraction of sp³-hybridized carbons (Fsp3) is 0.545. The Morgan fingerprint density at radius 3 is 2.22 bits per heavy atom. The molecule has 0 saturated heterocycles. The summed E-state index contributed by atoms with van der Waals surface area (Å²) in [7, 11) is -1.64. The number of aromatic nitrogens is 1. The zero-order valence-electron chi connectivity index (χ0n) is 10.7. The van der Waals surface area contributed by atoms with Crippen LogP contribution in [0.3, 0.4) is 0 Å². The maximum atomic E-state index is 13.3. The van der Waals surface area contributed by atoms with Crippen LogP contribution in [-0.4, -0.2) is 33.4 Å². The standard InChI is InChI=1S/C11H16BF2NO3/c1-10(2,16)11(3,4)18-12(17)7-5-6-8(13)15-9(7)14/h5-6,16-17H,1-4H3. The van der Waals surface area contributed by atoms with Crippen molar-refractivity contribution in [2.45, 2.75) is 38.9 Å². The predicted octanol–water partition coefficient (Wildman–Crippen LogP) is 0.613. The third-order valence-corrected chi connectivity index (χ3v) is 2.99. The fourth-order valence-electron chi connectivity index (χ4n) is 1.09. The number of nitrogens with zero attached hydrogens (tertiary/aromatic N) is 1. The minimum Gasteiger partial charge on any atom is -0.423 e. The Morgan fingerprint density at radius 1 is 1.22 bits per heavy atom. The molecular formula is C11H16BF2NO3. The van der Waals surface area contributed by atoms with E-state index in [1.165, 1.54) is 13.8 Å². The second-order valence-corrected chi connectivity index (χ2v) is 5.05. The monoisotopic (exact) mass is 259 g/mol. The van der Waals surface area contributed by atoms with E-state index in [4.69, 9.17) is 4.65 Å². The lowest BCUT2D eigenvalue weighted by molar-refractivity contribution is -0.0983. The first kappa shape index (κ1) is 15.0. The summed E-state index contributed by atoms with van der Waals surface area (Å²) < 4.78 is 31.2. The molecule has 1 rings (SSSR count). The molecule has 100 valence electrons. The first-order chi connectivity index (χ1) is 8.04. The van der Waals surface area contributed by atoms with Gasteiger partial charge in [-0.15, -0.1) is 0 Å². The highest BCUT2D eigenvalue weighted by Crippen LogP contribution is 2.25. The van der Waals surface area contributed by atoms with Crippen molar-refractivity contribution in [3.8, 4) is 0 Å². The lowest BCUT2D eigenvalue weighted by Crippen LogP contribution is -2.53. The number of rotatable bonds is 4. The second kappa shape index (κ2) is 4.91. The van der Waals surface area contributed by atoms with Gasteiger partial charge in [0, 0.05) is 5.46 Å². The number of hydrogen-bond donors (Lipinski definition) is 2. The van der Waals surface area contributed by atoms with E-state index >= 15 is 0 Å². The normalized spacial score (nSPS) is 12.7. The Kier molecular flexibility index (Phi) is 4.10. The summed E-state index contributed by atoms with van der Waals surface area (Å²) in [4.78, 5) is 2.95. The quantitative estimate of drug-likeness (QED) is 0.614.